The molecule has 1 fully saturated rings. The highest BCUT2D eigenvalue weighted by molar-refractivity contribution is 5.99. The molecule has 7 heteroatoms. The zero-order chi connectivity index (χ0) is 23.9. The molecule has 0 aromatic heterocycles. The van der Waals surface area contributed by atoms with Gasteiger partial charge in [-0.05, 0) is 86.1 Å². The number of carbonyl (C=O) groups is 2. The molecule has 0 aliphatic carbocycles. The molecule has 2 N–H and O–H groups in total. The van der Waals surface area contributed by atoms with Gasteiger partial charge in [-0.3, -0.25) is 9.59 Å². The fourth-order valence-electron chi connectivity index (χ4n) is 5.03. The molecule has 0 bridgehead atoms. The maximum Gasteiger partial charge on any atom is 0.251 e. The van der Waals surface area contributed by atoms with Crippen LogP contribution in [-0.2, 0) is 16.0 Å². The molecule has 0 saturated carbocycles. The molecule has 2 aliphatic rings. The van der Waals surface area contributed by atoms with Crippen LogP contribution in [0.2, 0.25) is 0 Å². The zero-order valence-electron chi connectivity index (χ0n) is 20.8. The second-order valence-electron chi connectivity index (χ2n) is 9.75. The first-order valence-corrected chi connectivity index (χ1v) is 12.0. The number of aromatic hydroxyl groups is 1. The van der Waals surface area contributed by atoms with Gasteiger partial charge in [-0.2, -0.15) is 0 Å². The number of carbonyl (C=O) groups excluding carboxylic acids is 2. The number of anilines is 2. The molecule has 0 spiro atoms. The molecule has 1 saturated heterocycles. The predicted octanol–water partition coefficient (Wildman–Crippen LogP) is 5.06. The van der Waals surface area contributed by atoms with Gasteiger partial charge in [0, 0.05) is 36.9 Å². The Morgan fingerprint density at radius 1 is 1.03 bits per heavy atom. The van der Waals surface area contributed by atoms with Gasteiger partial charge in [-0.25, -0.2) is 0 Å². The minimum absolute atomic E-state index is 0. The van der Waals surface area contributed by atoms with Crippen LogP contribution in [0, 0.1) is 26.7 Å². The molecule has 6 nitrogen and oxygen atoms in total. The van der Waals surface area contributed by atoms with E-state index in [1.54, 1.807) is 11.0 Å². The third-order valence-corrected chi connectivity index (χ3v) is 7.17. The van der Waals surface area contributed by atoms with Crippen LogP contribution >= 0.6 is 12.4 Å². The summed E-state index contributed by atoms with van der Waals surface area (Å²) < 4.78 is 0. The summed E-state index contributed by atoms with van der Waals surface area (Å²) in [5.74, 6) is -0.165. The molecule has 2 amide bonds. The van der Waals surface area contributed by atoms with E-state index in [4.69, 9.17) is 0 Å². The number of phenols is 1. The van der Waals surface area contributed by atoms with E-state index in [-0.39, 0.29) is 35.9 Å². The first-order chi connectivity index (χ1) is 15.7. The lowest BCUT2D eigenvalue weighted by molar-refractivity contribution is -0.142. The van der Waals surface area contributed by atoms with E-state index in [9.17, 15) is 14.7 Å². The monoisotopic (exact) mass is 485 g/mol. The van der Waals surface area contributed by atoms with Crippen molar-refractivity contribution >= 4 is 35.6 Å². The number of hydrogen-bond acceptors (Lipinski definition) is 4. The summed E-state index contributed by atoms with van der Waals surface area (Å²) in [6.45, 7) is 11.9. The van der Waals surface area contributed by atoms with Gasteiger partial charge in [0.15, 0.2) is 0 Å². The summed E-state index contributed by atoms with van der Waals surface area (Å²) in [6.07, 6.45) is 3.10. The zero-order valence-corrected chi connectivity index (χ0v) is 21.6. The number of benzene rings is 2. The molecular formula is C27H36ClN3O3. The van der Waals surface area contributed by atoms with Crippen molar-refractivity contribution in [1.29, 1.82) is 0 Å². The Hall–Kier alpha value is -2.73. The van der Waals surface area contributed by atoms with Crippen LogP contribution in [0.5, 0.6) is 5.75 Å². The van der Waals surface area contributed by atoms with Crippen LogP contribution in [0.15, 0.2) is 24.3 Å². The summed E-state index contributed by atoms with van der Waals surface area (Å²) in [7, 11) is 0. The number of nitrogens with zero attached hydrogens (tertiary/aromatic N) is 2. The van der Waals surface area contributed by atoms with E-state index >= 15 is 0 Å². The Bertz CT molecular complexity index is 1090. The number of aryl methyl sites for hydroxylation is 1. The number of rotatable bonds is 4. The fourth-order valence-corrected chi connectivity index (χ4v) is 5.03. The second-order valence-corrected chi connectivity index (χ2v) is 9.75. The normalized spacial score (nSPS) is 17.4. The second kappa shape index (κ2) is 10.3. The van der Waals surface area contributed by atoms with Crippen LogP contribution in [-0.4, -0.2) is 41.5 Å². The van der Waals surface area contributed by atoms with Gasteiger partial charge in [0.2, 0.25) is 5.91 Å². The summed E-state index contributed by atoms with van der Waals surface area (Å²) in [6, 6.07) is 7.51. The minimum atomic E-state index is -0.681. The topological polar surface area (TPSA) is 72.9 Å². The highest BCUT2D eigenvalue weighted by Gasteiger charge is 2.37. The lowest BCUT2D eigenvalue weighted by Crippen LogP contribution is -2.47. The SMILES string of the molecule is Cc1cc(NC(=O)C2c3cc(N4CCCC4)ccc3CCN2C(=O)C(C)C)c(C)c(C)c1O.Cl. The predicted molar refractivity (Wildman–Crippen MR) is 139 cm³/mol. The van der Waals surface area contributed by atoms with E-state index in [1.807, 2.05) is 34.6 Å². The van der Waals surface area contributed by atoms with Crippen LogP contribution in [0.1, 0.15) is 60.5 Å². The maximum absolute atomic E-state index is 13.8. The lowest BCUT2D eigenvalue weighted by Gasteiger charge is -2.38. The molecule has 2 aliphatic heterocycles. The van der Waals surface area contributed by atoms with Crippen LogP contribution in [0.25, 0.3) is 0 Å². The van der Waals surface area contributed by atoms with Crippen molar-refractivity contribution in [3.8, 4) is 5.75 Å². The molecular weight excluding hydrogens is 450 g/mol. The Labute approximate surface area is 208 Å². The Balaban J connectivity index is 0.00000324. The van der Waals surface area contributed by atoms with Crippen molar-refractivity contribution < 1.29 is 14.7 Å². The number of nitrogens with one attached hydrogen (secondary N) is 1. The average molecular weight is 486 g/mol. The Kier molecular flexibility index (Phi) is 7.81. The third-order valence-electron chi connectivity index (χ3n) is 7.17. The van der Waals surface area contributed by atoms with Crippen molar-refractivity contribution in [2.45, 2.75) is 59.9 Å². The molecule has 1 unspecified atom stereocenters. The highest BCUT2D eigenvalue weighted by atomic mass is 35.5. The van der Waals surface area contributed by atoms with E-state index in [0.717, 1.165) is 47.5 Å². The molecule has 0 radical (unpaired) electrons. The average Bonchev–Trinajstić information content (AvgIpc) is 3.34. The van der Waals surface area contributed by atoms with Gasteiger partial charge in [-0.1, -0.05) is 19.9 Å². The van der Waals surface area contributed by atoms with Crippen molar-refractivity contribution in [3.63, 3.8) is 0 Å². The highest BCUT2D eigenvalue weighted by Crippen LogP contribution is 2.37. The molecule has 184 valence electrons. The van der Waals surface area contributed by atoms with Gasteiger partial charge in [0.25, 0.3) is 5.91 Å². The van der Waals surface area contributed by atoms with Crippen LogP contribution in [0.4, 0.5) is 11.4 Å². The van der Waals surface area contributed by atoms with Crippen LogP contribution in [0.3, 0.4) is 0 Å². The molecule has 2 aromatic carbocycles. The van der Waals surface area contributed by atoms with E-state index in [1.165, 1.54) is 12.8 Å². The molecule has 2 aromatic rings. The quantitative estimate of drug-likeness (QED) is 0.594. The van der Waals surface area contributed by atoms with Crippen molar-refractivity contribution in [2.24, 2.45) is 5.92 Å². The number of phenolic OH excluding ortho intramolecular Hbond substituents is 1. The number of amides is 2. The molecule has 34 heavy (non-hydrogen) atoms. The summed E-state index contributed by atoms with van der Waals surface area (Å²) in [4.78, 5) is 31.0. The molecule has 1 atom stereocenters. The summed E-state index contributed by atoms with van der Waals surface area (Å²) in [5.41, 5.74) is 6.13. The van der Waals surface area contributed by atoms with E-state index < -0.39 is 6.04 Å². The number of fused-ring (bicyclic) bond motifs is 1. The largest absolute Gasteiger partial charge is 0.507 e. The minimum Gasteiger partial charge on any atom is -0.507 e. The Morgan fingerprint density at radius 3 is 2.35 bits per heavy atom. The van der Waals surface area contributed by atoms with Gasteiger partial charge in [0.1, 0.15) is 11.8 Å². The summed E-state index contributed by atoms with van der Waals surface area (Å²) in [5, 5.41) is 13.3. The van der Waals surface area contributed by atoms with E-state index in [2.05, 4.69) is 28.4 Å². The van der Waals surface area contributed by atoms with Gasteiger partial charge in [0.05, 0.1) is 0 Å². The lowest BCUT2D eigenvalue weighted by atomic mass is 9.90. The van der Waals surface area contributed by atoms with Gasteiger partial charge >= 0.3 is 0 Å². The number of halogens is 1. The van der Waals surface area contributed by atoms with E-state index in [0.29, 0.717) is 17.8 Å². The number of hydrogen-bond donors (Lipinski definition) is 2. The van der Waals surface area contributed by atoms with Crippen molar-refractivity contribution in [3.05, 3.63) is 52.1 Å². The van der Waals surface area contributed by atoms with Crippen LogP contribution < -0.4 is 10.2 Å². The van der Waals surface area contributed by atoms with Crippen molar-refractivity contribution in [2.75, 3.05) is 29.9 Å². The standard InChI is InChI=1S/C27H35N3O3.ClH/c1-16(2)27(33)30-13-10-20-8-9-21(29-11-6-7-12-29)15-22(20)24(30)26(32)28-23-14-17(3)25(31)19(5)18(23)4;/h8-9,14-16,24,31H,6-7,10-13H2,1-5H3,(H,28,32);1H. The smallest absolute Gasteiger partial charge is 0.251 e. The first kappa shape index (κ1) is 25.9. The third kappa shape index (κ3) is 4.74. The van der Waals surface area contributed by atoms with Crippen molar-refractivity contribution in [1.82, 2.24) is 4.90 Å². The molecule has 4 rings (SSSR count). The Morgan fingerprint density at radius 2 is 1.71 bits per heavy atom. The fraction of sp³-hybridized carbons (Fsp3) is 0.481. The first-order valence-electron chi connectivity index (χ1n) is 12.0. The van der Waals surface area contributed by atoms with Gasteiger partial charge in [-0.15, -0.1) is 12.4 Å². The summed E-state index contributed by atoms with van der Waals surface area (Å²) >= 11 is 0. The molecule has 2 heterocycles. The van der Waals surface area contributed by atoms with Gasteiger partial charge < -0.3 is 20.2 Å². The maximum atomic E-state index is 13.8.